The number of carbonyl (C=O) groups excluding carboxylic acids is 1. The fraction of sp³-hybridized carbons (Fsp3) is 0.533. The molecule has 1 atom stereocenters. The molecule has 0 spiro atoms. The van der Waals surface area contributed by atoms with Gasteiger partial charge in [0.15, 0.2) is 0 Å². The van der Waals surface area contributed by atoms with Crippen molar-refractivity contribution in [3.8, 4) is 0 Å². The highest BCUT2D eigenvalue weighted by atomic mass is 16.2. The summed E-state index contributed by atoms with van der Waals surface area (Å²) in [6.45, 7) is 4.32. The highest BCUT2D eigenvalue weighted by Gasteiger charge is 2.25. The minimum atomic E-state index is 0.217. The Kier molecular flexibility index (Phi) is 4.03. The van der Waals surface area contributed by atoms with Crippen LogP contribution >= 0.6 is 0 Å². The molecule has 0 aromatic carbocycles. The quantitative estimate of drug-likeness (QED) is 0.931. The number of H-pyrrole nitrogens is 1. The Morgan fingerprint density at radius 1 is 1.43 bits per heavy atom. The largest absolute Gasteiger partial charge is 0.342 e. The third-order valence-corrected chi connectivity index (χ3v) is 4.20. The zero-order valence-electron chi connectivity index (χ0n) is 12.3. The van der Waals surface area contributed by atoms with Crippen LogP contribution in [0, 0.1) is 6.92 Å². The molecule has 1 fully saturated rings. The van der Waals surface area contributed by atoms with E-state index < -0.39 is 0 Å². The van der Waals surface area contributed by atoms with Crippen molar-refractivity contribution in [2.45, 2.75) is 38.6 Å². The number of rotatable bonds is 4. The van der Waals surface area contributed by atoms with Gasteiger partial charge in [-0.1, -0.05) is 0 Å². The summed E-state index contributed by atoms with van der Waals surface area (Å²) in [5.41, 5.74) is 2.23. The van der Waals surface area contributed by atoms with Crippen molar-refractivity contribution in [2.75, 3.05) is 13.1 Å². The summed E-state index contributed by atoms with van der Waals surface area (Å²) < 4.78 is 1.88. The fourth-order valence-corrected chi connectivity index (χ4v) is 2.94. The first-order valence-corrected chi connectivity index (χ1v) is 7.49. The van der Waals surface area contributed by atoms with Gasteiger partial charge >= 0.3 is 0 Å². The first-order valence-electron chi connectivity index (χ1n) is 7.49. The molecule has 3 heterocycles. The molecule has 1 aliphatic heterocycles. The van der Waals surface area contributed by atoms with E-state index in [1.54, 1.807) is 12.4 Å². The second-order valence-electron chi connectivity index (χ2n) is 5.64. The second kappa shape index (κ2) is 6.11. The van der Waals surface area contributed by atoms with Gasteiger partial charge in [0.2, 0.25) is 5.91 Å². The van der Waals surface area contributed by atoms with Gasteiger partial charge in [-0.25, -0.2) is 0 Å². The van der Waals surface area contributed by atoms with Crippen LogP contribution in [-0.4, -0.2) is 43.9 Å². The van der Waals surface area contributed by atoms with Gasteiger partial charge in [0.05, 0.1) is 0 Å². The Hall–Kier alpha value is -2.11. The highest BCUT2D eigenvalue weighted by molar-refractivity contribution is 5.76. The van der Waals surface area contributed by atoms with Crippen LogP contribution in [0.1, 0.15) is 36.6 Å². The van der Waals surface area contributed by atoms with Gasteiger partial charge in [0.25, 0.3) is 0 Å². The van der Waals surface area contributed by atoms with E-state index in [0.29, 0.717) is 18.9 Å². The predicted molar refractivity (Wildman–Crippen MR) is 78.7 cm³/mol. The van der Waals surface area contributed by atoms with Gasteiger partial charge in [-0.15, -0.1) is 0 Å². The summed E-state index contributed by atoms with van der Waals surface area (Å²) in [7, 11) is 0. The average molecular weight is 287 g/mol. The third-order valence-electron chi connectivity index (χ3n) is 4.20. The van der Waals surface area contributed by atoms with Crippen LogP contribution in [-0.2, 0) is 11.3 Å². The second-order valence-corrected chi connectivity index (χ2v) is 5.64. The minimum Gasteiger partial charge on any atom is -0.342 e. The Bertz CT molecular complexity index is 589. The first kappa shape index (κ1) is 13.9. The summed E-state index contributed by atoms with van der Waals surface area (Å²) in [5.74, 6) is 0.603. The van der Waals surface area contributed by atoms with Crippen molar-refractivity contribution in [3.63, 3.8) is 0 Å². The topological polar surface area (TPSA) is 66.8 Å². The van der Waals surface area contributed by atoms with Crippen molar-refractivity contribution in [1.82, 2.24) is 24.9 Å². The number of nitrogens with one attached hydrogen (secondary N) is 1. The van der Waals surface area contributed by atoms with Crippen LogP contribution in [0.2, 0.25) is 0 Å². The minimum absolute atomic E-state index is 0.217. The monoisotopic (exact) mass is 287 g/mol. The van der Waals surface area contributed by atoms with Crippen molar-refractivity contribution in [2.24, 2.45) is 0 Å². The fourth-order valence-electron chi connectivity index (χ4n) is 2.94. The van der Waals surface area contributed by atoms with Crippen molar-refractivity contribution in [3.05, 3.63) is 35.9 Å². The Balaban J connectivity index is 1.56. The van der Waals surface area contributed by atoms with E-state index >= 15 is 0 Å². The van der Waals surface area contributed by atoms with E-state index in [2.05, 4.69) is 15.3 Å². The summed E-state index contributed by atoms with van der Waals surface area (Å²) in [4.78, 5) is 14.4. The molecule has 0 aliphatic carbocycles. The third kappa shape index (κ3) is 3.15. The lowest BCUT2D eigenvalue weighted by atomic mass is 9.95. The Labute approximate surface area is 124 Å². The zero-order valence-corrected chi connectivity index (χ0v) is 12.3. The lowest BCUT2D eigenvalue weighted by Crippen LogP contribution is -2.39. The van der Waals surface area contributed by atoms with Crippen LogP contribution in [0.25, 0.3) is 0 Å². The van der Waals surface area contributed by atoms with E-state index in [0.717, 1.165) is 37.3 Å². The van der Waals surface area contributed by atoms with E-state index in [1.165, 1.54) is 0 Å². The number of amides is 1. The molecule has 1 saturated heterocycles. The van der Waals surface area contributed by atoms with Crippen LogP contribution in [0.5, 0.6) is 0 Å². The number of aromatic amines is 1. The normalized spacial score (nSPS) is 18.9. The number of aromatic nitrogens is 4. The van der Waals surface area contributed by atoms with E-state index in [1.807, 2.05) is 28.6 Å². The standard InChI is InChI=1S/C15H21N5O/c1-12-4-8-17-20(12)10-6-15(21)19-9-2-3-13(11-19)14-5-7-16-18-14/h4-5,7-8,13H,2-3,6,9-11H2,1H3,(H,16,18)/t13-/m0/s1. The van der Waals surface area contributed by atoms with Crippen molar-refractivity contribution in [1.29, 1.82) is 0 Å². The first-order chi connectivity index (χ1) is 10.2. The highest BCUT2D eigenvalue weighted by Crippen LogP contribution is 2.25. The molecule has 0 saturated carbocycles. The number of nitrogens with zero attached hydrogens (tertiary/aromatic N) is 4. The Morgan fingerprint density at radius 3 is 3.05 bits per heavy atom. The molecule has 0 radical (unpaired) electrons. The molecule has 3 rings (SSSR count). The van der Waals surface area contributed by atoms with Crippen LogP contribution < -0.4 is 0 Å². The van der Waals surface area contributed by atoms with Gasteiger partial charge in [0.1, 0.15) is 0 Å². The molecule has 0 bridgehead atoms. The number of aryl methyl sites for hydroxylation is 2. The van der Waals surface area contributed by atoms with Gasteiger partial charge < -0.3 is 4.90 Å². The number of hydrogen-bond acceptors (Lipinski definition) is 3. The molecular weight excluding hydrogens is 266 g/mol. The van der Waals surface area contributed by atoms with E-state index in [-0.39, 0.29) is 5.91 Å². The number of hydrogen-bond donors (Lipinski definition) is 1. The summed E-state index contributed by atoms with van der Waals surface area (Å²) >= 11 is 0. The zero-order chi connectivity index (χ0) is 14.7. The molecule has 1 aliphatic rings. The van der Waals surface area contributed by atoms with Crippen LogP contribution in [0.3, 0.4) is 0 Å². The maximum atomic E-state index is 12.4. The maximum Gasteiger partial charge on any atom is 0.224 e. The lowest BCUT2D eigenvalue weighted by molar-refractivity contribution is -0.132. The van der Waals surface area contributed by atoms with Gasteiger partial charge in [0, 0.05) is 55.8 Å². The van der Waals surface area contributed by atoms with Crippen LogP contribution in [0.4, 0.5) is 0 Å². The van der Waals surface area contributed by atoms with Gasteiger partial charge in [-0.05, 0) is 31.9 Å². The average Bonchev–Trinajstić information content (AvgIpc) is 3.16. The van der Waals surface area contributed by atoms with Crippen molar-refractivity contribution >= 4 is 5.91 Å². The molecule has 1 N–H and O–H groups in total. The molecule has 6 nitrogen and oxygen atoms in total. The smallest absolute Gasteiger partial charge is 0.224 e. The Morgan fingerprint density at radius 2 is 2.33 bits per heavy atom. The predicted octanol–water partition coefficient (Wildman–Crippen LogP) is 1.71. The SMILES string of the molecule is Cc1ccnn1CCC(=O)N1CCC[C@H](c2ccn[nH]2)C1. The molecule has 0 unspecified atom stereocenters. The number of likely N-dealkylation sites (tertiary alicyclic amines) is 1. The number of piperidine rings is 1. The molecule has 112 valence electrons. The maximum absolute atomic E-state index is 12.4. The summed E-state index contributed by atoms with van der Waals surface area (Å²) in [5, 5.41) is 11.3. The molecule has 2 aromatic rings. The van der Waals surface area contributed by atoms with E-state index in [4.69, 9.17) is 0 Å². The molecule has 21 heavy (non-hydrogen) atoms. The molecule has 6 heteroatoms. The van der Waals surface area contributed by atoms with Gasteiger partial charge in [-0.2, -0.15) is 10.2 Å². The summed E-state index contributed by atoms with van der Waals surface area (Å²) in [6, 6.07) is 3.96. The van der Waals surface area contributed by atoms with E-state index in [9.17, 15) is 4.79 Å². The van der Waals surface area contributed by atoms with Gasteiger partial charge in [-0.3, -0.25) is 14.6 Å². The van der Waals surface area contributed by atoms with Crippen molar-refractivity contribution < 1.29 is 4.79 Å². The number of carbonyl (C=O) groups is 1. The summed E-state index contributed by atoms with van der Waals surface area (Å²) in [6.07, 6.45) is 6.23. The molecular formula is C15H21N5O. The lowest BCUT2D eigenvalue weighted by Gasteiger charge is -2.32. The molecule has 2 aromatic heterocycles. The van der Waals surface area contributed by atoms with Crippen LogP contribution in [0.15, 0.2) is 24.5 Å². The molecule has 1 amide bonds.